The average Bonchev–Trinajstić information content (AvgIpc) is 3.21. The second-order valence-electron chi connectivity index (χ2n) is 7.97. The van der Waals surface area contributed by atoms with Gasteiger partial charge in [0.15, 0.2) is 5.69 Å². The Hall–Kier alpha value is -3.13. The lowest BCUT2D eigenvalue weighted by atomic mass is 9.99. The number of nitrogens with one attached hydrogen (secondary N) is 1. The van der Waals surface area contributed by atoms with Gasteiger partial charge in [-0.3, -0.25) is 14.5 Å². The molecule has 6 nitrogen and oxygen atoms in total. The lowest BCUT2D eigenvalue weighted by Crippen LogP contribution is -2.49. The summed E-state index contributed by atoms with van der Waals surface area (Å²) in [6.45, 7) is 7.46. The molecule has 3 aromatic rings. The van der Waals surface area contributed by atoms with Gasteiger partial charge in [-0.15, -0.1) is 5.10 Å². The lowest BCUT2D eigenvalue weighted by molar-refractivity contribution is -0.123. The van der Waals surface area contributed by atoms with Crippen LogP contribution >= 0.6 is 11.5 Å². The summed E-state index contributed by atoms with van der Waals surface area (Å²) in [6, 6.07) is 12.0. The number of aromatic nitrogens is 2. The second-order valence-corrected chi connectivity index (χ2v) is 8.58. The van der Waals surface area contributed by atoms with Crippen molar-refractivity contribution >= 4 is 29.0 Å². The maximum Gasteiger partial charge on any atom is 0.280 e. The van der Waals surface area contributed by atoms with Gasteiger partial charge in [-0.1, -0.05) is 46.4 Å². The van der Waals surface area contributed by atoms with E-state index in [1.807, 2.05) is 39.8 Å². The molecule has 3 rings (SSSR count). The topological polar surface area (TPSA) is 75.2 Å². The second kappa shape index (κ2) is 8.71. The third-order valence-electron chi connectivity index (χ3n) is 4.31. The highest BCUT2D eigenvalue weighted by Gasteiger charge is 2.36. The van der Waals surface area contributed by atoms with Crippen LogP contribution < -0.4 is 10.2 Å². The van der Waals surface area contributed by atoms with E-state index >= 15 is 0 Å². The smallest absolute Gasteiger partial charge is 0.280 e. The van der Waals surface area contributed by atoms with Crippen molar-refractivity contribution in [3.63, 3.8) is 0 Å². The fraction of sp³-hybridized carbons (Fsp3) is 0.273. The average molecular weight is 427 g/mol. The molecule has 1 N–H and O–H groups in total. The minimum absolute atomic E-state index is 0.00914. The SMILES string of the molecule is Cc1ccc([C@H](C(=O)NC(C)(C)C)N(C(=O)c2csnn2)c2ccccc2F)cc1. The van der Waals surface area contributed by atoms with Gasteiger partial charge >= 0.3 is 0 Å². The number of hydrogen-bond donors (Lipinski definition) is 1. The van der Waals surface area contributed by atoms with Gasteiger partial charge in [-0.25, -0.2) is 4.39 Å². The summed E-state index contributed by atoms with van der Waals surface area (Å²) < 4.78 is 18.6. The van der Waals surface area contributed by atoms with Gasteiger partial charge in [-0.05, 0) is 56.9 Å². The molecule has 2 amide bonds. The molecule has 0 saturated carbocycles. The van der Waals surface area contributed by atoms with Crippen molar-refractivity contribution in [3.8, 4) is 0 Å². The van der Waals surface area contributed by atoms with Crippen molar-refractivity contribution in [1.29, 1.82) is 0 Å². The van der Waals surface area contributed by atoms with Crippen LogP contribution in [0.2, 0.25) is 0 Å². The van der Waals surface area contributed by atoms with E-state index in [-0.39, 0.29) is 11.4 Å². The number of carbonyl (C=O) groups is 2. The molecular weight excluding hydrogens is 403 g/mol. The molecule has 0 aliphatic carbocycles. The van der Waals surface area contributed by atoms with Crippen LogP contribution in [0.3, 0.4) is 0 Å². The van der Waals surface area contributed by atoms with Crippen LogP contribution in [0.4, 0.5) is 10.1 Å². The molecule has 2 aromatic carbocycles. The highest BCUT2D eigenvalue weighted by Crippen LogP contribution is 2.32. The van der Waals surface area contributed by atoms with E-state index in [2.05, 4.69) is 14.9 Å². The van der Waals surface area contributed by atoms with E-state index in [1.165, 1.54) is 23.6 Å². The molecule has 1 atom stereocenters. The van der Waals surface area contributed by atoms with E-state index in [1.54, 1.807) is 18.2 Å². The standard InChI is InChI=1S/C22H23FN4O2S/c1-14-9-11-15(12-10-14)19(20(28)24-22(2,3)4)27(18-8-6-5-7-16(18)23)21(29)17-13-30-26-25-17/h5-13,19H,1-4H3,(H,24,28)/t19-/m1/s1. The van der Waals surface area contributed by atoms with Gasteiger partial charge in [0.2, 0.25) is 5.91 Å². The first-order valence-electron chi connectivity index (χ1n) is 9.41. The summed E-state index contributed by atoms with van der Waals surface area (Å²) >= 11 is 1.01. The minimum atomic E-state index is -1.10. The molecule has 1 heterocycles. The Balaban J connectivity index is 2.19. The molecule has 30 heavy (non-hydrogen) atoms. The van der Waals surface area contributed by atoms with Crippen LogP contribution in [0.1, 0.15) is 48.4 Å². The number of hydrogen-bond acceptors (Lipinski definition) is 5. The highest BCUT2D eigenvalue weighted by molar-refractivity contribution is 7.03. The molecule has 0 spiro atoms. The normalized spacial score (nSPS) is 12.3. The van der Waals surface area contributed by atoms with Crippen LogP contribution in [0.5, 0.6) is 0 Å². The zero-order chi connectivity index (χ0) is 21.9. The largest absolute Gasteiger partial charge is 0.349 e. The molecule has 0 bridgehead atoms. The Morgan fingerprint density at radius 3 is 2.33 bits per heavy atom. The van der Waals surface area contributed by atoms with Gasteiger partial charge in [0.05, 0.1) is 5.69 Å². The fourth-order valence-corrected chi connectivity index (χ4v) is 3.43. The molecule has 156 valence electrons. The van der Waals surface area contributed by atoms with Crippen molar-refractivity contribution < 1.29 is 14.0 Å². The molecule has 0 aliphatic rings. The number of benzene rings is 2. The summed E-state index contributed by atoms with van der Waals surface area (Å²) in [6.07, 6.45) is 0. The van der Waals surface area contributed by atoms with Crippen molar-refractivity contribution in [1.82, 2.24) is 14.9 Å². The van der Waals surface area contributed by atoms with Crippen LogP contribution in [0, 0.1) is 12.7 Å². The molecule has 1 aromatic heterocycles. The predicted octanol–water partition coefficient (Wildman–Crippen LogP) is 4.29. The number of anilines is 1. The van der Waals surface area contributed by atoms with E-state index in [9.17, 15) is 14.0 Å². The van der Waals surface area contributed by atoms with E-state index < -0.39 is 29.2 Å². The number of aryl methyl sites for hydroxylation is 1. The van der Waals surface area contributed by atoms with Gasteiger partial charge in [-0.2, -0.15) is 0 Å². The zero-order valence-corrected chi connectivity index (χ0v) is 18.0. The Bertz CT molecular complexity index is 1030. The summed E-state index contributed by atoms with van der Waals surface area (Å²) in [7, 11) is 0. The van der Waals surface area contributed by atoms with E-state index in [0.717, 1.165) is 22.0 Å². The third kappa shape index (κ3) is 4.88. The molecule has 0 saturated heterocycles. The Kier molecular flexibility index (Phi) is 6.26. The molecule has 0 radical (unpaired) electrons. The van der Waals surface area contributed by atoms with Crippen LogP contribution in [-0.2, 0) is 4.79 Å². The van der Waals surface area contributed by atoms with Gasteiger partial charge < -0.3 is 5.32 Å². The van der Waals surface area contributed by atoms with Crippen molar-refractivity contribution in [2.24, 2.45) is 0 Å². The van der Waals surface area contributed by atoms with Gasteiger partial charge in [0.25, 0.3) is 5.91 Å². The minimum Gasteiger partial charge on any atom is -0.349 e. The summed E-state index contributed by atoms with van der Waals surface area (Å²) in [5.41, 5.74) is 1.05. The number of carbonyl (C=O) groups excluding carboxylic acids is 2. The summed E-state index contributed by atoms with van der Waals surface area (Å²) in [5, 5.41) is 8.23. The predicted molar refractivity (Wildman–Crippen MR) is 115 cm³/mol. The Morgan fingerprint density at radius 1 is 1.10 bits per heavy atom. The van der Waals surface area contributed by atoms with Crippen LogP contribution in [0.15, 0.2) is 53.9 Å². The monoisotopic (exact) mass is 426 g/mol. The molecular formula is C22H23FN4O2S. The molecule has 8 heteroatoms. The maximum atomic E-state index is 14.8. The molecule has 0 aliphatic heterocycles. The number of para-hydroxylation sites is 1. The van der Waals surface area contributed by atoms with Crippen LogP contribution in [0.25, 0.3) is 0 Å². The quantitative estimate of drug-likeness (QED) is 0.660. The van der Waals surface area contributed by atoms with Crippen molar-refractivity contribution in [2.75, 3.05) is 4.90 Å². The number of amides is 2. The maximum absolute atomic E-state index is 14.8. The van der Waals surface area contributed by atoms with Crippen molar-refractivity contribution in [3.05, 3.63) is 76.5 Å². The summed E-state index contributed by atoms with van der Waals surface area (Å²) in [5.74, 6) is -1.65. The Labute approximate surface area is 178 Å². The highest BCUT2D eigenvalue weighted by atomic mass is 32.1. The summed E-state index contributed by atoms with van der Waals surface area (Å²) in [4.78, 5) is 27.9. The number of nitrogens with zero attached hydrogens (tertiary/aromatic N) is 3. The number of halogens is 1. The first-order valence-corrected chi connectivity index (χ1v) is 10.2. The molecule has 0 unspecified atom stereocenters. The van der Waals surface area contributed by atoms with E-state index in [4.69, 9.17) is 0 Å². The van der Waals surface area contributed by atoms with Crippen LogP contribution in [-0.4, -0.2) is 26.9 Å². The van der Waals surface area contributed by atoms with Crippen molar-refractivity contribution in [2.45, 2.75) is 39.3 Å². The first kappa shape index (κ1) is 21.6. The Morgan fingerprint density at radius 2 is 1.77 bits per heavy atom. The lowest BCUT2D eigenvalue weighted by Gasteiger charge is -2.33. The zero-order valence-electron chi connectivity index (χ0n) is 17.2. The van der Waals surface area contributed by atoms with E-state index in [0.29, 0.717) is 5.56 Å². The third-order valence-corrected chi connectivity index (χ3v) is 4.81. The first-order chi connectivity index (χ1) is 14.2. The van der Waals surface area contributed by atoms with Gasteiger partial charge in [0, 0.05) is 10.9 Å². The van der Waals surface area contributed by atoms with Gasteiger partial charge in [0.1, 0.15) is 11.9 Å². The number of rotatable bonds is 5. The molecule has 0 fully saturated rings. The fourth-order valence-electron chi connectivity index (χ4n) is 3.00.